The number of carbonyl (C=O) groups is 1. The summed E-state index contributed by atoms with van der Waals surface area (Å²) >= 11 is 6.23. The Balaban J connectivity index is 1.92. The molecule has 0 aliphatic heterocycles. The fourth-order valence-corrected chi connectivity index (χ4v) is 3.41. The van der Waals surface area contributed by atoms with E-state index in [-0.39, 0.29) is 17.9 Å². The van der Waals surface area contributed by atoms with Gasteiger partial charge in [-0.3, -0.25) is 4.79 Å². The maximum atomic E-state index is 13.9. The molecule has 5 nitrogen and oxygen atoms in total. The van der Waals surface area contributed by atoms with Crippen molar-refractivity contribution in [2.45, 2.75) is 13.0 Å². The van der Waals surface area contributed by atoms with Crippen LogP contribution in [0, 0.1) is 17.1 Å². The lowest BCUT2D eigenvalue weighted by Crippen LogP contribution is -2.14. The van der Waals surface area contributed by atoms with E-state index in [2.05, 4.69) is 11.9 Å². The Kier molecular flexibility index (Phi) is 8.44. The Hall–Kier alpha value is -4.08. The predicted molar refractivity (Wildman–Crippen MR) is 131 cm³/mol. The summed E-state index contributed by atoms with van der Waals surface area (Å²) < 4.78 is 25.4. The fourth-order valence-electron chi connectivity index (χ4n) is 3.22. The van der Waals surface area contributed by atoms with Gasteiger partial charge in [0.05, 0.1) is 12.8 Å². The largest absolute Gasteiger partial charge is 0.493 e. The Morgan fingerprint density at radius 3 is 2.59 bits per heavy atom. The van der Waals surface area contributed by atoms with Crippen molar-refractivity contribution < 1.29 is 18.7 Å². The number of benzene rings is 3. The molecule has 0 aliphatic carbocycles. The van der Waals surface area contributed by atoms with Gasteiger partial charge in [-0.1, -0.05) is 48.0 Å². The molecule has 172 valence electrons. The molecule has 1 N–H and O–H groups in total. The van der Waals surface area contributed by atoms with Gasteiger partial charge in [0.2, 0.25) is 0 Å². The molecule has 1 amide bonds. The van der Waals surface area contributed by atoms with E-state index in [9.17, 15) is 14.4 Å². The van der Waals surface area contributed by atoms with Crippen molar-refractivity contribution >= 4 is 29.3 Å². The van der Waals surface area contributed by atoms with Crippen molar-refractivity contribution in [1.82, 2.24) is 0 Å². The second-order valence-corrected chi connectivity index (χ2v) is 7.60. The third-order valence-electron chi connectivity index (χ3n) is 4.87. The summed E-state index contributed by atoms with van der Waals surface area (Å²) in [5.74, 6) is -0.391. The lowest BCUT2D eigenvalue weighted by Gasteiger charge is -2.16. The Morgan fingerprint density at radius 1 is 1.18 bits per heavy atom. The smallest absolute Gasteiger partial charge is 0.266 e. The van der Waals surface area contributed by atoms with Crippen molar-refractivity contribution in [2.75, 3.05) is 12.4 Å². The summed E-state index contributed by atoms with van der Waals surface area (Å²) in [6.07, 6.45) is 3.57. The fraction of sp³-hybridized carbons (Fsp3) is 0.111. The molecule has 0 unspecified atom stereocenters. The molecule has 0 atom stereocenters. The second kappa shape index (κ2) is 11.7. The average Bonchev–Trinajstić information content (AvgIpc) is 2.84. The Bertz CT molecular complexity index is 1280. The van der Waals surface area contributed by atoms with Crippen LogP contribution in [0.2, 0.25) is 5.02 Å². The third kappa shape index (κ3) is 6.03. The lowest BCUT2D eigenvalue weighted by atomic mass is 10.0. The van der Waals surface area contributed by atoms with Crippen LogP contribution in [0.4, 0.5) is 10.1 Å². The topological polar surface area (TPSA) is 71.4 Å². The molecular formula is C27H22ClFN2O3. The summed E-state index contributed by atoms with van der Waals surface area (Å²) in [6.45, 7) is 4.02. The van der Waals surface area contributed by atoms with Crippen molar-refractivity contribution in [2.24, 2.45) is 0 Å². The quantitative estimate of drug-likeness (QED) is 0.222. The summed E-state index contributed by atoms with van der Waals surface area (Å²) in [4.78, 5) is 12.6. The number of para-hydroxylation sites is 1. The van der Waals surface area contributed by atoms with E-state index >= 15 is 0 Å². The average molecular weight is 477 g/mol. The molecule has 0 saturated carbocycles. The van der Waals surface area contributed by atoms with Crippen LogP contribution in [0.3, 0.4) is 0 Å². The number of carbonyl (C=O) groups excluding carboxylic acids is 1. The summed E-state index contributed by atoms with van der Waals surface area (Å²) in [7, 11) is 1.50. The number of nitrogens with zero attached hydrogens (tertiary/aromatic N) is 1. The standard InChI is InChI=1S/C27H22ClFN2O3/c1-3-8-19-13-18(14-21(16-30)27(32)31-24-12-7-6-11-23(24)29)15-25(33-2)26(19)34-17-20-9-4-5-10-22(20)28/h3-7,9-15H,1,8,17H2,2H3,(H,31,32)/b21-14-. The van der Waals surface area contributed by atoms with E-state index in [4.69, 9.17) is 21.1 Å². The minimum absolute atomic E-state index is 0.0121. The number of amides is 1. The maximum absolute atomic E-state index is 13.9. The summed E-state index contributed by atoms with van der Waals surface area (Å²) in [5, 5.41) is 12.5. The van der Waals surface area contributed by atoms with Gasteiger partial charge in [-0.2, -0.15) is 5.26 Å². The van der Waals surface area contributed by atoms with Crippen LogP contribution in [0.5, 0.6) is 11.5 Å². The zero-order chi connectivity index (χ0) is 24.5. The first kappa shape index (κ1) is 24.6. The molecule has 0 saturated heterocycles. The molecule has 3 rings (SSSR count). The third-order valence-corrected chi connectivity index (χ3v) is 5.23. The molecule has 0 heterocycles. The van der Waals surface area contributed by atoms with Gasteiger partial charge in [-0.25, -0.2) is 4.39 Å². The Morgan fingerprint density at radius 2 is 1.91 bits per heavy atom. The van der Waals surface area contributed by atoms with Gasteiger partial charge < -0.3 is 14.8 Å². The van der Waals surface area contributed by atoms with E-state index in [1.807, 2.05) is 24.3 Å². The molecule has 0 spiro atoms. The number of hydrogen-bond acceptors (Lipinski definition) is 4. The number of methoxy groups -OCH3 is 1. The number of nitriles is 1. The molecule has 0 radical (unpaired) electrons. The lowest BCUT2D eigenvalue weighted by molar-refractivity contribution is -0.112. The van der Waals surface area contributed by atoms with Crippen molar-refractivity contribution in [3.63, 3.8) is 0 Å². The van der Waals surface area contributed by atoms with Crippen LogP contribution in [0.25, 0.3) is 6.08 Å². The molecule has 3 aromatic rings. The van der Waals surface area contributed by atoms with E-state index in [0.717, 1.165) is 11.1 Å². The molecule has 7 heteroatoms. The normalized spacial score (nSPS) is 10.8. The molecule has 0 aliphatic rings. The van der Waals surface area contributed by atoms with Crippen molar-refractivity contribution in [3.05, 3.63) is 106 Å². The molecule has 34 heavy (non-hydrogen) atoms. The van der Waals surface area contributed by atoms with E-state index in [0.29, 0.717) is 28.5 Å². The first-order chi connectivity index (χ1) is 16.5. The Labute approximate surface area is 202 Å². The highest BCUT2D eigenvalue weighted by molar-refractivity contribution is 6.31. The van der Waals surface area contributed by atoms with Gasteiger partial charge in [0.15, 0.2) is 11.5 Å². The monoisotopic (exact) mass is 476 g/mol. The summed E-state index contributed by atoms with van der Waals surface area (Å²) in [6, 6.07) is 18.4. The minimum atomic E-state index is -0.726. The van der Waals surface area contributed by atoms with Crippen molar-refractivity contribution in [1.29, 1.82) is 5.26 Å². The van der Waals surface area contributed by atoms with Crippen molar-refractivity contribution in [3.8, 4) is 17.6 Å². The van der Waals surface area contributed by atoms with Crippen LogP contribution >= 0.6 is 11.6 Å². The zero-order valence-electron chi connectivity index (χ0n) is 18.5. The highest BCUT2D eigenvalue weighted by Crippen LogP contribution is 2.35. The minimum Gasteiger partial charge on any atom is -0.493 e. The van der Waals surface area contributed by atoms with Gasteiger partial charge in [0.1, 0.15) is 24.1 Å². The van der Waals surface area contributed by atoms with E-state index < -0.39 is 11.7 Å². The number of hydrogen-bond donors (Lipinski definition) is 1. The summed E-state index contributed by atoms with van der Waals surface area (Å²) in [5.41, 5.74) is 1.90. The highest BCUT2D eigenvalue weighted by atomic mass is 35.5. The highest BCUT2D eigenvalue weighted by Gasteiger charge is 2.16. The molecule has 0 bridgehead atoms. The van der Waals surface area contributed by atoms with Crippen LogP contribution in [-0.2, 0) is 17.8 Å². The molecular weight excluding hydrogens is 455 g/mol. The zero-order valence-corrected chi connectivity index (χ0v) is 19.2. The molecule has 0 aromatic heterocycles. The van der Waals surface area contributed by atoms with Gasteiger partial charge in [-0.15, -0.1) is 6.58 Å². The van der Waals surface area contributed by atoms with Crippen LogP contribution in [0.1, 0.15) is 16.7 Å². The van der Waals surface area contributed by atoms with Gasteiger partial charge >= 0.3 is 0 Å². The van der Waals surface area contributed by atoms with Gasteiger partial charge in [-0.05, 0) is 48.4 Å². The van der Waals surface area contributed by atoms with Gasteiger partial charge in [0, 0.05) is 16.1 Å². The van der Waals surface area contributed by atoms with Crippen LogP contribution < -0.4 is 14.8 Å². The van der Waals surface area contributed by atoms with Crippen LogP contribution in [-0.4, -0.2) is 13.0 Å². The van der Waals surface area contributed by atoms with Crippen LogP contribution in [0.15, 0.2) is 78.9 Å². The predicted octanol–water partition coefficient (Wildman–Crippen LogP) is 6.34. The SMILES string of the molecule is C=CCc1cc(/C=C(/C#N)C(=O)Nc2ccccc2F)cc(OC)c1OCc1ccccc1Cl. The number of anilines is 1. The second-order valence-electron chi connectivity index (χ2n) is 7.19. The maximum Gasteiger partial charge on any atom is 0.266 e. The van der Waals surface area contributed by atoms with E-state index in [1.165, 1.54) is 31.4 Å². The molecule has 3 aromatic carbocycles. The number of allylic oxidation sites excluding steroid dienone is 1. The number of halogens is 2. The van der Waals surface area contributed by atoms with Gasteiger partial charge in [0.25, 0.3) is 5.91 Å². The number of ether oxygens (including phenoxy) is 2. The first-order valence-corrected chi connectivity index (χ1v) is 10.7. The number of rotatable bonds is 9. The number of nitrogens with one attached hydrogen (secondary N) is 1. The van der Waals surface area contributed by atoms with E-state index in [1.54, 1.807) is 30.3 Å². The molecule has 0 fully saturated rings. The first-order valence-electron chi connectivity index (χ1n) is 10.3.